The van der Waals surface area contributed by atoms with Crippen molar-refractivity contribution < 1.29 is 14.6 Å². The minimum atomic E-state index is -0.132. The second-order valence-corrected chi connectivity index (χ2v) is 3.93. The summed E-state index contributed by atoms with van der Waals surface area (Å²) in [6.07, 6.45) is 0.504. The SMILES string of the molecule is COCC(CCO)NC(=O)c1ccsc1. The van der Waals surface area contributed by atoms with Gasteiger partial charge in [-0.1, -0.05) is 0 Å². The number of nitrogens with one attached hydrogen (secondary N) is 1. The quantitative estimate of drug-likeness (QED) is 0.761. The Morgan fingerprint density at radius 1 is 1.73 bits per heavy atom. The molecule has 2 N–H and O–H groups in total. The molecular formula is C10H15NO3S. The van der Waals surface area contributed by atoms with Crippen molar-refractivity contribution in [1.29, 1.82) is 0 Å². The number of aliphatic hydroxyl groups is 1. The minimum absolute atomic E-state index is 0.0396. The van der Waals surface area contributed by atoms with E-state index in [-0.39, 0.29) is 18.6 Å². The molecule has 0 fully saturated rings. The summed E-state index contributed by atoms with van der Waals surface area (Å²) in [4.78, 5) is 11.6. The molecule has 0 saturated heterocycles. The van der Waals surface area contributed by atoms with Gasteiger partial charge in [0.05, 0.1) is 12.6 Å². The van der Waals surface area contributed by atoms with Crippen LogP contribution in [0.4, 0.5) is 0 Å². The zero-order chi connectivity index (χ0) is 11.1. The Morgan fingerprint density at radius 3 is 3.07 bits per heavy atom. The number of hydrogen-bond acceptors (Lipinski definition) is 4. The standard InChI is InChI=1S/C10H15NO3S/c1-14-6-9(2-4-12)11-10(13)8-3-5-15-7-8/h3,5,7,9,12H,2,4,6H2,1H3,(H,11,13). The third kappa shape index (κ3) is 3.99. The van der Waals surface area contributed by atoms with Crippen LogP contribution >= 0.6 is 11.3 Å². The van der Waals surface area contributed by atoms with Gasteiger partial charge in [-0.2, -0.15) is 11.3 Å². The van der Waals surface area contributed by atoms with Gasteiger partial charge in [0.1, 0.15) is 0 Å². The number of carbonyl (C=O) groups is 1. The van der Waals surface area contributed by atoms with Gasteiger partial charge in [-0.25, -0.2) is 0 Å². The van der Waals surface area contributed by atoms with Crippen molar-refractivity contribution in [3.05, 3.63) is 22.4 Å². The number of hydrogen-bond donors (Lipinski definition) is 2. The van der Waals surface area contributed by atoms with E-state index in [0.717, 1.165) is 0 Å². The summed E-state index contributed by atoms with van der Waals surface area (Å²) >= 11 is 1.48. The Morgan fingerprint density at radius 2 is 2.53 bits per heavy atom. The van der Waals surface area contributed by atoms with Gasteiger partial charge in [-0.15, -0.1) is 0 Å². The molecule has 0 aromatic carbocycles. The fraction of sp³-hybridized carbons (Fsp3) is 0.500. The first kappa shape index (κ1) is 12.2. The number of carbonyl (C=O) groups excluding carboxylic acids is 1. The summed E-state index contributed by atoms with van der Waals surface area (Å²) in [5, 5.41) is 15.2. The van der Waals surface area contributed by atoms with Crippen LogP contribution in [-0.2, 0) is 4.74 Å². The zero-order valence-corrected chi connectivity index (χ0v) is 9.42. The first-order valence-corrected chi connectivity index (χ1v) is 5.65. The minimum Gasteiger partial charge on any atom is -0.396 e. The summed E-state index contributed by atoms with van der Waals surface area (Å²) in [6.45, 7) is 0.453. The predicted molar refractivity (Wildman–Crippen MR) is 59.2 cm³/mol. The normalized spacial score (nSPS) is 12.4. The molecule has 0 saturated carbocycles. The van der Waals surface area contributed by atoms with E-state index in [1.807, 2.05) is 5.38 Å². The van der Waals surface area contributed by atoms with E-state index in [0.29, 0.717) is 18.6 Å². The Labute approximate surface area is 92.9 Å². The van der Waals surface area contributed by atoms with Crippen molar-refractivity contribution in [1.82, 2.24) is 5.32 Å². The van der Waals surface area contributed by atoms with Crippen molar-refractivity contribution in [2.24, 2.45) is 0 Å². The van der Waals surface area contributed by atoms with E-state index >= 15 is 0 Å². The molecule has 1 unspecified atom stereocenters. The third-order valence-electron chi connectivity index (χ3n) is 1.96. The second kappa shape index (κ2) is 6.55. The lowest BCUT2D eigenvalue weighted by Gasteiger charge is -2.16. The van der Waals surface area contributed by atoms with E-state index in [4.69, 9.17) is 9.84 Å². The van der Waals surface area contributed by atoms with Crippen molar-refractivity contribution in [2.45, 2.75) is 12.5 Å². The lowest BCUT2D eigenvalue weighted by Crippen LogP contribution is -2.38. The molecule has 0 bridgehead atoms. The molecule has 15 heavy (non-hydrogen) atoms. The van der Waals surface area contributed by atoms with Gasteiger partial charge in [-0.3, -0.25) is 4.79 Å². The highest BCUT2D eigenvalue weighted by molar-refractivity contribution is 7.08. The predicted octanol–water partition coefficient (Wildman–Crippen LogP) is 0.875. The number of ether oxygens (including phenoxy) is 1. The highest BCUT2D eigenvalue weighted by Gasteiger charge is 2.13. The first-order chi connectivity index (χ1) is 7.27. The van der Waals surface area contributed by atoms with Crippen LogP contribution in [0, 0.1) is 0 Å². The van der Waals surface area contributed by atoms with Crippen molar-refractivity contribution in [2.75, 3.05) is 20.3 Å². The molecule has 1 aromatic rings. The van der Waals surface area contributed by atoms with E-state index in [1.54, 1.807) is 18.6 Å². The van der Waals surface area contributed by atoms with Crippen LogP contribution in [0.2, 0.25) is 0 Å². The molecular weight excluding hydrogens is 214 g/mol. The Balaban J connectivity index is 2.47. The van der Waals surface area contributed by atoms with Gasteiger partial charge in [0, 0.05) is 24.7 Å². The maximum atomic E-state index is 11.6. The molecule has 4 nitrogen and oxygen atoms in total. The van der Waals surface area contributed by atoms with Gasteiger partial charge in [0.2, 0.25) is 0 Å². The second-order valence-electron chi connectivity index (χ2n) is 3.15. The molecule has 0 radical (unpaired) electrons. The zero-order valence-electron chi connectivity index (χ0n) is 8.60. The fourth-order valence-corrected chi connectivity index (χ4v) is 1.85. The summed E-state index contributed by atoms with van der Waals surface area (Å²) in [5.74, 6) is -0.119. The van der Waals surface area contributed by atoms with Crippen molar-refractivity contribution in [3.63, 3.8) is 0 Å². The average Bonchev–Trinajstić information content (AvgIpc) is 2.71. The van der Waals surface area contributed by atoms with Gasteiger partial charge >= 0.3 is 0 Å². The van der Waals surface area contributed by atoms with Gasteiger partial charge in [-0.05, 0) is 17.9 Å². The lowest BCUT2D eigenvalue weighted by molar-refractivity contribution is 0.0879. The van der Waals surface area contributed by atoms with Crippen LogP contribution in [0.5, 0.6) is 0 Å². The molecule has 5 heteroatoms. The van der Waals surface area contributed by atoms with Crippen LogP contribution in [0.15, 0.2) is 16.8 Å². The van der Waals surface area contributed by atoms with E-state index in [1.165, 1.54) is 11.3 Å². The Hall–Kier alpha value is -0.910. The van der Waals surface area contributed by atoms with Crippen LogP contribution in [0.3, 0.4) is 0 Å². The van der Waals surface area contributed by atoms with E-state index in [9.17, 15) is 4.79 Å². The monoisotopic (exact) mass is 229 g/mol. The molecule has 1 atom stereocenters. The average molecular weight is 229 g/mol. The molecule has 1 rings (SSSR count). The maximum absolute atomic E-state index is 11.6. The van der Waals surface area contributed by atoms with Crippen LogP contribution in [0.25, 0.3) is 0 Å². The molecule has 1 heterocycles. The van der Waals surface area contributed by atoms with Gasteiger partial charge in [0.15, 0.2) is 0 Å². The van der Waals surface area contributed by atoms with Crippen LogP contribution < -0.4 is 5.32 Å². The summed E-state index contributed by atoms with van der Waals surface area (Å²) < 4.78 is 4.95. The summed E-state index contributed by atoms with van der Waals surface area (Å²) in [6, 6.07) is 1.63. The van der Waals surface area contributed by atoms with Crippen LogP contribution in [0.1, 0.15) is 16.8 Å². The van der Waals surface area contributed by atoms with Gasteiger partial charge in [0.25, 0.3) is 5.91 Å². The number of amides is 1. The molecule has 84 valence electrons. The van der Waals surface area contributed by atoms with E-state index < -0.39 is 0 Å². The molecule has 1 amide bonds. The van der Waals surface area contributed by atoms with Crippen LogP contribution in [-0.4, -0.2) is 37.4 Å². The number of thiophene rings is 1. The largest absolute Gasteiger partial charge is 0.396 e. The molecule has 0 aliphatic rings. The van der Waals surface area contributed by atoms with Gasteiger partial charge < -0.3 is 15.2 Å². The molecule has 0 aliphatic carbocycles. The third-order valence-corrected chi connectivity index (χ3v) is 2.65. The van der Waals surface area contributed by atoms with Crippen molar-refractivity contribution >= 4 is 17.2 Å². The van der Waals surface area contributed by atoms with E-state index in [2.05, 4.69) is 5.32 Å². The molecule has 0 spiro atoms. The Kier molecular flexibility index (Phi) is 5.31. The highest BCUT2D eigenvalue weighted by atomic mass is 32.1. The lowest BCUT2D eigenvalue weighted by atomic mass is 10.2. The maximum Gasteiger partial charge on any atom is 0.252 e. The fourth-order valence-electron chi connectivity index (χ4n) is 1.22. The summed E-state index contributed by atoms with van der Waals surface area (Å²) in [5.41, 5.74) is 0.652. The van der Waals surface area contributed by atoms with Crippen molar-refractivity contribution in [3.8, 4) is 0 Å². The molecule has 1 aromatic heterocycles. The Bertz CT molecular complexity index is 281. The number of rotatable bonds is 6. The number of methoxy groups -OCH3 is 1. The topological polar surface area (TPSA) is 58.6 Å². The first-order valence-electron chi connectivity index (χ1n) is 4.70. The molecule has 0 aliphatic heterocycles. The summed E-state index contributed by atoms with van der Waals surface area (Å²) in [7, 11) is 1.57. The number of aliphatic hydroxyl groups excluding tert-OH is 1. The smallest absolute Gasteiger partial charge is 0.252 e. The highest BCUT2D eigenvalue weighted by Crippen LogP contribution is 2.06.